The molecule has 1 aromatic carbocycles. The van der Waals surface area contributed by atoms with Crippen LogP contribution in [0.2, 0.25) is 0 Å². The highest BCUT2D eigenvalue weighted by Gasteiger charge is 2.39. The van der Waals surface area contributed by atoms with E-state index < -0.39 is 17.8 Å². The number of alkyl halides is 3. The van der Waals surface area contributed by atoms with E-state index in [1.165, 1.54) is 12.1 Å². The third-order valence-electron chi connectivity index (χ3n) is 4.58. The molecule has 3 rings (SSSR count). The largest absolute Gasteiger partial charge is 0.439 e. The van der Waals surface area contributed by atoms with E-state index in [1.54, 1.807) is 4.90 Å². The number of likely N-dealkylation sites (tertiary alicyclic amines) is 1. The highest BCUT2D eigenvalue weighted by atomic mass is 19.4. The van der Waals surface area contributed by atoms with Crippen molar-refractivity contribution in [3.8, 4) is 0 Å². The molecular weight excluding hydrogens is 353 g/mol. The van der Waals surface area contributed by atoms with Gasteiger partial charge in [-0.1, -0.05) is 18.2 Å². The van der Waals surface area contributed by atoms with Gasteiger partial charge in [-0.2, -0.15) is 13.2 Å². The summed E-state index contributed by atoms with van der Waals surface area (Å²) in [7, 11) is 0. The lowest BCUT2D eigenvalue weighted by Crippen LogP contribution is -2.48. The molecule has 9 heteroatoms. The minimum absolute atomic E-state index is 0.126. The van der Waals surface area contributed by atoms with Crippen molar-refractivity contribution < 1.29 is 32.3 Å². The van der Waals surface area contributed by atoms with Crippen molar-refractivity contribution in [2.75, 3.05) is 19.7 Å². The van der Waals surface area contributed by atoms with Crippen molar-refractivity contribution in [3.63, 3.8) is 0 Å². The molecule has 0 N–H and O–H groups in total. The molecule has 0 radical (unpaired) electrons. The van der Waals surface area contributed by atoms with Gasteiger partial charge in [-0.25, -0.2) is 9.69 Å². The fourth-order valence-electron chi connectivity index (χ4n) is 3.23. The van der Waals surface area contributed by atoms with Crippen LogP contribution in [0.5, 0.6) is 0 Å². The third kappa shape index (κ3) is 3.81. The fraction of sp³-hybridized carbons (Fsp3) is 0.471. The molecule has 2 heterocycles. The summed E-state index contributed by atoms with van der Waals surface area (Å²) in [6.45, 7) is 0.409. The molecule has 0 saturated carbocycles. The van der Waals surface area contributed by atoms with Gasteiger partial charge in [0, 0.05) is 19.1 Å². The molecule has 0 aromatic heterocycles. The van der Waals surface area contributed by atoms with Crippen molar-refractivity contribution in [1.82, 2.24) is 9.80 Å². The first-order valence-electron chi connectivity index (χ1n) is 8.18. The summed E-state index contributed by atoms with van der Waals surface area (Å²) in [5.74, 6) is -0.665. The van der Waals surface area contributed by atoms with Gasteiger partial charge in [0.2, 0.25) is 5.91 Å². The summed E-state index contributed by atoms with van der Waals surface area (Å²) in [6.07, 6.45) is -4.39. The normalized spacial score (nSPS) is 19.0. The van der Waals surface area contributed by atoms with Crippen LogP contribution in [0.3, 0.4) is 0 Å². The summed E-state index contributed by atoms with van der Waals surface area (Å²) < 4.78 is 42.9. The summed E-state index contributed by atoms with van der Waals surface area (Å²) >= 11 is 0. The molecule has 140 valence electrons. The van der Waals surface area contributed by atoms with Gasteiger partial charge in [0.05, 0.1) is 12.0 Å². The molecule has 0 unspecified atom stereocenters. The summed E-state index contributed by atoms with van der Waals surface area (Å²) in [5, 5.41) is 0. The molecule has 0 aliphatic carbocycles. The van der Waals surface area contributed by atoms with Crippen molar-refractivity contribution in [1.29, 1.82) is 0 Å². The van der Waals surface area contributed by atoms with E-state index in [9.17, 15) is 27.6 Å². The van der Waals surface area contributed by atoms with Crippen molar-refractivity contribution in [2.24, 2.45) is 0 Å². The number of nitrogens with zero attached hydrogens (tertiary/aromatic N) is 2. The Hall–Kier alpha value is -2.58. The Morgan fingerprint density at radius 2 is 1.88 bits per heavy atom. The zero-order valence-corrected chi connectivity index (χ0v) is 13.8. The topological polar surface area (TPSA) is 66.9 Å². The predicted molar refractivity (Wildman–Crippen MR) is 82.9 cm³/mol. The van der Waals surface area contributed by atoms with E-state index in [2.05, 4.69) is 4.74 Å². The first-order chi connectivity index (χ1) is 12.3. The maximum Gasteiger partial charge on any atom is 0.417 e. The molecule has 2 aliphatic heterocycles. The second-order valence-electron chi connectivity index (χ2n) is 6.31. The first-order valence-corrected chi connectivity index (χ1v) is 8.18. The van der Waals surface area contributed by atoms with Crippen molar-refractivity contribution >= 4 is 17.9 Å². The maximum atomic E-state index is 12.7. The smallest absolute Gasteiger partial charge is 0.417 e. The number of hydrogen-bond donors (Lipinski definition) is 0. The molecule has 2 saturated heterocycles. The van der Waals surface area contributed by atoms with Crippen LogP contribution >= 0.6 is 0 Å². The summed E-state index contributed by atoms with van der Waals surface area (Å²) in [6, 6.07) is 4.39. The number of halogens is 3. The van der Waals surface area contributed by atoms with Gasteiger partial charge in [-0.3, -0.25) is 9.59 Å². The molecular formula is C17H17F3N2O4. The van der Waals surface area contributed by atoms with Crippen molar-refractivity contribution in [2.45, 2.75) is 31.5 Å². The standard InChI is InChI=1S/C17H17F3N2O4/c18-17(19,20)12-3-1-2-11(8-12)9-14(23)21-6-4-13(5-7-21)22-15(24)10-26-16(22)25/h1-3,8,13H,4-7,9-10H2. The van der Waals surface area contributed by atoms with Crippen LogP contribution < -0.4 is 0 Å². The zero-order valence-electron chi connectivity index (χ0n) is 13.8. The lowest BCUT2D eigenvalue weighted by Gasteiger charge is -2.34. The fourth-order valence-corrected chi connectivity index (χ4v) is 3.23. The molecule has 26 heavy (non-hydrogen) atoms. The van der Waals surface area contributed by atoms with Crippen LogP contribution in [0, 0.1) is 0 Å². The molecule has 0 atom stereocenters. The Morgan fingerprint density at radius 3 is 2.46 bits per heavy atom. The Bertz CT molecular complexity index is 711. The zero-order chi connectivity index (χ0) is 18.9. The second kappa shape index (κ2) is 6.97. The first kappa shape index (κ1) is 18.2. The van der Waals surface area contributed by atoms with Crippen LogP contribution in [0.4, 0.5) is 18.0 Å². The van der Waals surface area contributed by atoms with Gasteiger partial charge in [-0.15, -0.1) is 0 Å². The number of rotatable bonds is 3. The molecule has 2 aliphatic rings. The van der Waals surface area contributed by atoms with E-state index in [0.717, 1.165) is 17.0 Å². The molecule has 1 aromatic rings. The van der Waals surface area contributed by atoms with E-state index in [1.807, 2.05) is 0 Å². The summed E-state index contributed by atoms with van der Waals surface area (Å²) in [5.41, 5.74) is -0.488. The van der Waals surface area contributed by atoms with E-state index in [4.69, 9.17) is 0 Å². The molecule has 3 amide bonds. The number of benzene rings is 1. The Morgan fingerprint density at radius 1 is 1.19 bits per heavy atom. The SMILES string of the molecule is O=C(Cc1cccc(C(F)(F)F)c1)N1CCC(N2C(=O)COC2=O)CC1. The number of hydrogen-bond acceptors (Lipinski definition) is 4. The number of cyclic esters (lactones) is 1. The number of carbonyl (C=O) groups is 3. The number of carbonyl (C=O) groups excluding carboxylic acids is 3. The third-order valence-corrected chi connectivity index (χ3v) is 4.58. The minimum Gasteiger partial charge on any atom is -0.439 e. The van der Waals surface area contributed by atoms with Gasteiger partial charge in [0.25, 0.3) is 5.91 Å². The van der Waals surface area contributed by atoms with Gasteiger partial charge in [0.15, 0.2) is 6.61 Å². The van der Waals surface area contributed by atoms with Gasteiger partial charge in [-0.05, 0) is 24.5 Å². The number of piperidine rings is 1. The van der Waals surface area contributed by atoms with E-state index in [0.29, 0.717) is 31.5 Å². The predicted octanol–water partition coefficient (Wildman–Crippen LogP) is 2.22. The Kier molecular flexibility index (Phi) is 4.88. The highest BCUT2D eigenvalue weighted by molar-refractivity contribution is 5.98. The molecule has 6 nitrogen and oxygen atoms in total. The number of ether oxygens (including phenoxy) is 1. The van der Waals surface area contributed by atoms with Gasteiger partial charge < -0.3 is 9.64 Å². The lowest BCUT2D eigenvalue weighted by atomic mass is 10.0. The number of amides is 3. The van der Waals surface area contributed by atoms with E-state index >= 15 is 0 Å². The van der Waals surface area contributed by atoms with Gasteiger partial charge >= 0.3 is 12.3 Å². The maximum absolute atomic E-state index is 12.7. The Labute approximate surface area is 147 Å². The second-order valence-corrected chi connectivity index (χ2v) is 6.31. The van der Waals surface area contributed by atoms with Crippen LogP contribution in [-0.4, -0.2) is 53.4 Å². The van der Waals surface area contributed by atoms with Crippen LogP contribution in [0.15, 0.2) is 24.3 Å². The van der Waals surface area contributed by atoms with Gasteiger partial charge in [0.1, 0.15) is 0 Å². The molecule has 0 bridgehead atoms. The highest BCUT2D eigenvalue weighted by Crippen LogP contribution is 2.30. The number of imide groups is 1. The molecule has 2 fully saturated rings. The van der Waals surface area contributed by atoms with Crippen molar-refractivity contribution in [3.05, 3.63) is 35.4 Å². The monoisotopic (exact) mass is 370 g/mol. The minimum atomic E-state index is -4.45. The average molecular weight is 370 g/mol. The van der Waals surface area contributed by atoms with Crippen LogP contribution in [-0.2, 0) is 26.9 Å². The quantitative estimate of drug-likeness (QED) is 0.818. The van der Waals surface area contributed by atoms with Crippen LogP contribution in [0.25, 0.3) is 0 Å². The molecule has 0 spiro atoms. The summed E-state index contributed by atoms with van der Waals surface area (Å²) in [4.78, 5) is 38.2. The lowest BCUT2D eigenvalue weighted by molar-refractivity contribution is -0.138. The average Bonchev–Trinajstić information content (AvgIpc) is 2.93. The van der Waals surface area contributed by atoms with E-state index in [-0.39, 0.29) is 30.9 Å². The van der Waals surface area contributed by atoms with Crippen LogP contribution in [0.1, 0.15) is 24.0 Å². The Balaban J connectivity index is 1.57.